The average molecular weight is 270 g/mol. The van der Waals surface area contributed by atoms with Crippen molar-refractivity contribution in [1.29, 1.82) is 0 Å². The second kappa shape index (κ2) is 5.04. The summed E-state index contributed by atoms with van der Waals surface area (Å²) in [4.78, 5) is 10.8. The molecule has 0 aliphatic heterocycles. The van der Waals surface area contributed by atoms with Crippen molar-refractivity contribution in [2.75, 3.05) is 5.32 Å². The van der Waals surface area contributed by atoms with Gasteiger partial charge in [0.2, 0.25) is 5.91 Å². The molecule has 0 aliphatic rings. The van der Waals surface area contributed by atoms with E-state index in [4.69, 9.17) is 5.73 Å². The minimum atomic E-state index is -0.415. The van der Waals surface area contributed by atoms with E-state index in [1.807, 2.05) is 35.1 Å². The Bertz CT molecular complexity index is 744. The molecule has 0 aliphatic carbocycles. The van der Waals surface area contributed by atoms with Crippen LogP contribution in [0.15, 0.2) is 43.0 Å². The lowest BCUT2D eigenvalue weighted by Crippen LogP contribution is -2.18. The third kappa shape index (κ3) is 2.46. The number of aromatic nitrogens is 4. The molecule has 0 atom stereocenters. The number of primary amides is 1. The molecule has 102 valence electrons. The van der Waals surface area contributed by atoms with Crippen LogP contribution < -0.4 is 11.1 Å². The highest BCUT2D eigenvalue weighted by atomic mass is 16.1. The Balaban J connectivity index is 1.70. The summed E-state index contributed by atoms with van der Waals surface area (Å²) in [6.07, 6.45) is 7.14. The maximum absolute atomic E-state index is 10.8. The van der Waals surface area contributed by atoms with E-state index in [1.54, 1.807) is 12.4 Å². The third-order valence-corrected chi connectivity index (χ3v) is 2.94. The minimum Gasteiger partial charge on any atom is -0.378 e. The number of rotatable bonds is 5. The first-order valence-electron chi connectivity index (χ1n) is 6.18. The van der Waals surface area contributed by atoms with Crippen molar-refractivity contribution in [3.05, 3.63) is 48.5 Å². The Hall–Kier alpha value is -2.83. The van der Waals surface area contributed by atoms with E-state index in [1.165, 1.54) is 4.68 Å². The van der Waals surface area contributed by atoms with Crippen molar-refractivity contribution < 1.29 is 4.79 Å². The summed E-state index contributed by atoms with van der Waals surface area (Å²) in [5.41, 5.74) is 8.10. The molecule has 3 heterocycles. The summed E-state index contributed by atoms with van der Waals surface area (Å²) < 4.78 is 3.33. The molecule has 0 bridgehead atoms. The van der Waals surface area contributed by atoms with E-state index in [0.717, 1.165) is 16.8 Å². The zero-order valence-corrected chi connectivity index (χ0v) is 10.7. The molecular weight excluding hydrogens is 256 g/mol. The number of hydrogen-bond acceptors (Lipinski definition) is 4. The van der Waals surface area contributed by atoms with Gasteiger partial charge in [-0.15, -0.1) is 0 Å². The number of pyridine rings is 1. The van der Waals surface area contributed by atoms with Gasteiger partial charge >= 0.3 is 0 Å². The first-order valence-corrected chi connectivity index (χ1v) is 6.18. The first-order chi connectivity index (χ1) is 9.72. The average Bonchev–Trinajstić information content (AvgIpc) is 3.02. The van der Waals surface area contributed by atoms with Crippen molar-refractivity contribution in [3.8, 4) is 0 Å². The highest BCUT2D eigenvalue weighted by Crippen LogP contribution is 2.13. The van der Waals surface area contributed by atoms with Gasteiger partial charge in [-0.1, -0.05) is 6.07 Å². The third-order valence-electron chi connectivity index (χ3n) is 2.94. The van der Waals surface area contributed by atoms with Gasteiger partial charge in [-0.3, -0.25) is 9.48 Å². The van der Waals surface area contributed by atoms with Crippen LogP contribution in [0.5, 0.6) is 0 Å². The molecule has 0 saturated heterocycles. The molecule has 0 fully saturated rings. The summed E-state index contributed by atoms with van der Waals surface area (Å²) in [7, 11) is 0. The molecule has 7 heteroatoms. The highest BCUT2D eigenvalue weighted by molar-refractivity contribution is 5.73. The summed E-state index contributed by atoms with van der Waals surface area (Å²) in [6.45, 7) is 0.716. The smallest absolute Gasteiger partial charge is 0.239 e. The normalized spacial score (nSPS) is 10.8. The number of hydrogen-bond donors (Lipinski definition) is 2. The number of nitrogens with one attached hydrogen (secondary N) is 1. The number of fused-ring (bicyclic) bond motifs is 1. The second-order valence-corrected chi connectivity index (χ2v) is 4.45. The van der Waals surface area contributed by atoms with Gasteiger partial charge < -0.3 is 11.1 Å². The van der Waals surface area contributed by atoms with Gasteiger partial charge in [-0.2, -0.15) is 10.2 Å². The van der Waals surface area contributed by atoms with E-state index < -0.39 is 5.91 Å². The lowest BCUT2D eigenvalue weighted by atomic mass is 10.2. The van der Waals surface area contributed by atoms with E-state index in [9.17, 15) is 4.79 Å². The highest BCUT2D eigenvalue weighted by Gasteiger charge is 2.04. The zero-order valence-electron chi connectivity index (χ0n) is 10.7. The minimum absolute atomic E-state index is 0.0817. The van der Waals surface area contributed by atoms with Gasteiger partial charge in [0.05, 0.1) is 23.6 Å². The summed E-state index contributed by atoms with van der Waals surface area (Å²) in [6, 6.07) is 5.93. The monoisotopic (exact) mass is 270 g/mol. The second-order valence-electron chi connectivity index (χ2n) is 4.45. The summed E-state index contributed by atoms with van der Waals surface area (Å²) >= 11 is 0. The zero-order chi connectivity index (χ0) is 13.9. The van der Waals surface area contributed by atoms with Gasteiger partial charge in [-0.25, -0.2) is 4.52 Å². The molecule has 1 amide bonds. The van der Waals surface area contributed by atoms with E-state index in [0.29, 0.717) is 6.54 Å². The van der Waals surface area contributed by atoms with Crippen molar-refractivity contribution in [2.24, 2.45) is 5.73 Å². The predicted molar refractivity (Wildman–Crippen MR) is 73.9 cm³/mol. The van der Waals surface area contributed by atoms with Crippen LogP contribution in [0.25, 0.3) is 5.52 Å². The Morgan fingerprint density at radius 1 is 1.30 bits per heavy atom. The Morgan fingerprint density at radius 3 is 3.05 bits per heavy atom. The van der Waals surface area contributed by atoms with Crippen LogP contribution in [0.4, 0.5) is 5.69 Å². The van der Waals surface area contributed by atoms with Crippen LogP contribution in [0.1, 0.15) is 5.56 Å². The number of nitrogens with two attached hydrogens (primary N) is 1. The largest absolute Gasteiger partial charge is 0.378 e. The van der Waals surface area contributed by atoms with Gasteiger partial charge in [0, 0.05) is 24.5 Å². The Labute approximate surface area is 115 Å². The van der Waals surface area contributed by atoms with E-state index in [2.05, 4.69) is 15.5 Å². The lowest BCUT2D eigenvalue weighted by Gasteiger charge is -2.01. The van der Waals surface area contributed by atoms with Gasteiger partial charge in [0.1, 0.15) is 6.54 Å². The fourth-order valence-electron chi connectivity index (χ4n) is 2.02. The molecule has 3 aromatic heterocycles. The summed E-state index contributed by atoms with van der Waals surface area (Å²) in [5.74, 6) is -0.415. The first kappa shape index (κ1) is 12.2. The van der Waals surface area contributed by atoms with Crippen LogP contribution in [-0.2, 0) is 17.9 Å². The lowest BCUT2D eigenvalue weighted by molar-refractivity contribution is -0.118. The molecule has 3 rings (SSSR count). The SMILES string of the molecule is NC(=O)Cn1cc(NCc2cnn3ccccc23)cn1. The van der Waals surface area contributed by atoms with Crippen molar-refractivity contribution in [2.45, 2.75) is 13.1 Å². The molecular formula is C13H14N6O. The number of anilines is 1. The topological polar surface area (TPSA) is 90.2 Å². The Morgan fingerprint density at radius 2 is 2.20 bits per heavy atom. The molecule has 20 heavy (non-hydrogen) atoms. The van der Waals surface area contributed by atoms with Gasteiger partial charge in [0.25, 0.3) is 0 Å². The molecule has 0 radical (unpaired) electrons. The van der Waals surface area contributed by atoms with Crippen LogP contribution in [0, 0.1) is 0 Å². The van der Waals surface area contributed by atoms with E-state index in [-0.39, 0.29) is 6.54 Å². The van der Waals surface area contributed by atoms with Gasteiger partial charge in [0.15, 0.2) is 0 Å². The van der Waals surface area contributed by atoms with Crippen LogP contribution in [-0.4, -0.2) is 25.3 Å². The molecule has 0 saturated carbocycles. The quantitative estimate of drug-likeness (QED) is 0.711. The number of nitrogens with zero attached hydrogens (tertiary/aromatic N) is 4. The van der Waals surface area contributed by atoms with E-state index >= 15 is 0 Å². The number of amides is 1. The van der Waals surface area contributed by atoms with Crippen molar-refractivity contribution >= 4 is 17.1 Å². The Kier molecular flexibility index (Phi) is 3.08. The maximum Gasteiger partial charge on any atom is 0.239 e. The molecule has 0 aromatic carbocycles. The summed E-state index contributed by atoms with van der Waals surface area (Å²) in [5, 5.41) is 11.6. The molecule has 3 aromatic rings. The van der Waals surface area contributed by atoms with Crippen molar-refractivity contribution in [3.63, 3.8) is 0 Å². The number of carbonyl (C=O) groups is 1. The predicted octanol–water partition coefficient (Wildman–Crippen LogP) is 0.628. The standard InChI is InChI=1S/C13H14N6O/c14-13(20)9-18-8-11(7-16-18)15-5-10-6-17-19-4-2-1-3-12(10)19/h1-4,6-8,15H,5,9H2,(H2,14,20). The fraction of sp³-hybridized carbons (Fsp3) is 0.154. The molecule has 0 unspecified atom stereocenters. The fourth-order valence-corrected chi connectivity index (χ4v) is 2.02. The van der Waals surface area contributed by atoms with Crippen LogP contribution >= 0.6 is 0 Å². The molecule has 7 nitrogen and oxygen atoms in total. The molecule has 3 N–H and O–H groups in total. The van der Waals surface area contributed by atoms with Crippen LogP contribution in [0.3, 0.4) is 0 Å². The van der Waals surface area contributed by atoms with Crippen molar-refractivity contribution in [1.82, 2.24) is 19.4 Å². The maximum atomic E-state index is 10.8. The van der Waals surface area contributed by atoms with Gasteiger partial charge in [-0.05, 0) is 12.1 Å². The number of carbonyl (C=O) groups excluding carboxylic acids is 1. The molecule has 0 spiro atoms. The van der Waals surface area contributed by atoms with Crippen LogP contribution in [0.2, 0.25) is 0 Å².